The Labute approximate surface area is 271 Å². The van der Waals surface area contributed by atoms with E-state index >= 15 is 0 Å². The van der Waals surface area contributed by atoms with Crippen LogP contribution in [0.1, 0.15) is 34.8 Å². The van der Waals surface area contributed by atoms with Crippen LogP contribution in [0, 0.1) is 0 Å². The number of nitrogens with zero attached hydrogens (tertiary/aromatic N) is 1. The summed E-state index contributed by atoms with van der Waals surface area (Å²) in [6.45, 7) is 0.817. The molecule has 0 bridgehead atoms. The van der Waals surface area contributed by atoms with Gasteiger partial charge in [-0.25, -0.2) is 10.4 Å². The summed E-state index contributed by atoms with van der Waals surface area (Å²) < 4.78 is 24.0. The van der Waals surface area contributed by atoms with Gasteiger partial charge in [-0.1, -0.05) is 64.5 Å². The van der Waals surface area contributed by atoms with Crippen LogP contribution >= 0.6 is 15.9 Å². The van der Waals surface area contributed by atoms with Crippen molar-refractivity contribution >= 4 is 27.7 Å². The van der Waals surface area contributed by atoms with Crippen LogP contribution in [0.2, 0.25) is 0 Å². The Hall–Kier alpha value is -4.38. The molecule has 1 aliphatic rings. The molecule has 5 rings (SSSR count). The van der Waals surface area contributed by atoms with Crippen LogP contribution in [-0.2, 0) is 22.5 Å². The third kappa shape index (κ3) is 7.65. The summed E-state index contributed by atoms with van der Waals surface area (Å²) in [6, 6.07) is 30.5. The topological polar surface area (TPSA) is 111 Å². The van der Waals surface area contributed by atoms with Crippen LogP contribution in [0.5, 0.6) is 17.2 Å². The maximum Gasteiger partial charge on any atom is 0.266 e. The molecule has 4 aromatic carbocycles. The average Bonchev–Trinajstić information content (AvgIpc) is 3.47. The number of methoxy groups -OCH3 is 2. The largest absolute Gasteiger partial charge is 0.494 e. The molecule has 1 amide bonds. The van der Waals surface area contributed by atoms with Crippen LogP contribution in [0.3, 0.4) is 0 Å². The molecule has 234 valence electrons. The number of ether oxygens (including phenoxy) is 4. The third-order valence-electron chi connectivity index (χ3n) is 7.46. The number of aliphatic hydroxyl groups is 1. The molecule has 10 heteroatoms. The van der Waals surface area contributed by atoms with Crippen LogP contribution < -0.4 is 25.1 Å². The number of aliphatic imine (C=N–C) groups is 1. The van der Waals surface area contributed by atoms with E-state index in [0.29, 0.717) is 48.3 Å². The van der Waals surface area contributed by atoms with Crippen LogP contribution in [-0.4, -0.2) is 49.9 Å². The number of carbonyl (C=O) groups is 1. The molecule has 1 aliphatic heterocycles. The molecule has 0 spiro atoms. The zero-order valence-corrected chi connectivity index (χ0v) is 26.8. The fraction of sp³-hybridized carbons (Fsp3) is 0.257. The number of benzene rings is 4. The van der Waals surface area contributed by atoms with Crippen molar-refractivity contribution in [2.24, 2.45) is 4.99 Å². The summed E-state index contributed by atoms with van der Waals surface area (Å²) in [5.41, 5.74) is 8.03. The summed E-state index contributed by atoms with van der Waals surface area (Å²) in [5, 5.41) is 9.06. The van der Waals surface area contributed by atoms with Crippen molar-refractivity contribution in [2.45, 2.75) is 31.0 Å². The van der Waals surface area contributed by atoms with Gasteiger partial charge in [0.15, 0.2) is 23.1 Å². The van der Waals surface area contributed by atoms with Gasteiger partial charge in [-0.3, -0.25) is 10.2 Å². The van der Waals surface area contributed by atoms with E-state index in [9.17, 15) is 4.79 Å². The first-order valence-corrected chi connectivity index (χ1v) is 15.4. The highest BCUT2D eigenvalue weighted by molar-refractivity contribution is 9.10. The minimum atomic E-state index is -1.34. The predicted octanol–water partition coefficient (Wildman–Crippen LogP) is 5.55. The smallest absolute Gasteiger partial charge is 0.266 e. The average molecular weight is 675 g/mol. The molecule has 9 nitrogen and oxygen atoms in total. The molecule has 45 heavy (non-hydrogen) atoms. The quantitative estimate of drug-likeness (QED) is 0.119. The second-order valence-corrected chi connectivity index (χ2v) is 11.4. The zero-order valence-electron chi connectivity index (χ0n) is 25.2. The van der Waals surface area contributed by atoms with Crippen molar-refractivity contribution < 1.29 is 28.8 Å². The second kappa shape index (κ2) is 15.1. The van der Waals surface area contributed by atoms with E-state index in [1.54, 1.807) is 14.2 Å². The lowest BCUT2D eigenvalue weighted by Crippen LogP contribution is -2.53. The van der Waals surface area contributed by atoms with Crippen molar-refractivity contribution in [3.63, 3.8) is 0 Å². The molecule has 4 aromatic rings. The van der Waals surface area contributed by atoms with Gasteiger partial charge in [-0.15, -0.1) is 0 Å². The standard InChI is InChI=1S/C35H36BrN3O6/c1-42-30-18-11-25(21-31(30)43-2)23-37-39-34(41)35(22-24-9-14-28(36)15-10-24)32(26-7-4-3-5-8-26)45-33(38-35)27-12-16-29(17-13-27)44-20-6-19-40/h3-5,7-18,21,32,37,40H,6,19-20,22-23H2,1-2H3,(H,39,41)/t32-,35-/m0/s1. The Bertz CT molecular complexity index is 1600. The van der Waals surface area contributed by atoms with Crippen molar-refractivity contribution in [3.05, 3.63) is 124 Å². The van der Waals surface area contributed by atoms with Crippen molar-refractivity contribution in [1.29, 1.82) is 0 Å². The predicted molar refractivity (Wildman–Crippen MR) is 176 cm³/mol. The maximum absolute atomic E-state index is 14.4. The van der Waals surface area contributed by atoms with Crippen molar-refractivity contribution in [3.8, 4) is 17.2 Å². The number of hydrazine groups is 1. The molecule has 0 fully saturated rings. The van der Waals surface area contributed by atoms with Crippen LogP contribution in [0.15, 0.2) is 107 Å². The van der Waals surface area contributed by atoms with Gasteiger partial charge in [-0.2, -0.15) is 0 Å². The number of nitrogens with one attached hydrogen (secondary N) is 2. The molecular formula is C35H36BrN3O6. The Morgan fingerprint density at radius 2 is 1.64 bits per heavy atom. The zero-order chi connectivity index (χ0) is 31.6. The Kier molecular flexibility index (Phi) is 10.7. The lowest BCUT2D eigenvalue weighted by molar-refractivity contribution is -0.130. The van der Waals surface area contributed by atoms with Crippen LogP contribution in [0.4, 0.5) is 0 Å². The molecular weight excluding hydrogens is 638 g/mol. The van der Waals surface area contributed by atoms with E-state index in [0.717, 1.165) is 21.2 Å². The summed E-state index contributed by atoms with van der Waals surface area (Å²) in [7, 11) is 3.17. The van der Waals surface area contributed by atoms with Gasteiger partial charge in [0.1, 0.15) is 5.75 Å². The minimum Gasteiger partial charge on any atom is -0.494 e. The number of aliphatic hydroxyl groups excluding tert-OH is 1. The van der Waals surface area contributed by atoms with Gasteiger partial charge in [-0.05, 0) is 65.2 Å². The summed E-state index contributed by atoms with van der Waals surface area (Å²) in [4.78, 5) is 19.4. The molecule has 3 N–H and O–H groups in total. The van der Waals surface area contributed by atoms with Crippen LogP contribution in [0.25, 0.3) is 0 Å². The van der Waals surface area contributed by atoms with E-state index < -0.39 is 11.6 Å². The number of halogens is 1. The minimum absolute atomic E-state index is 0.0647. The Morgan fingerprint density at radius 1 is 0.933 bits per heavy atom. The molecule has 0 aliphatic carbocycles. The molecule has 2 atom stereocenters. The van der Waals surface area contributed by atoms with Crippen molar-refractivity contribution in [1.82, 2.24) is 10.9 Å². The highest BCUT2D eigenvalue weighted by atomic mass is 79.9. The van der Waals surface area contributed by atoms with E-state index in [-0.39, 0.29) is 18.9 Å². The fourth-order valence-electron chi connectivity index (χ4n) is 5.15. The Morgan fingerprint density at radius 3 is 2.33 bits per heavy atom. The molecule has 0 aromatic heterocycles. The molecule has 0 saturated carbocycles. The normalized spacial score (nSPS) is 17.2. The molecule has 0 radical (unpaired) electrons. The lowest BCUT2D eigenvalue weighted by Gasteiger charge is -2.31. The fourth-order valence-corrected chi connectivity index (χ4v) is 5.41. The van der Waals surface area contributed by atoms with E-state index in [2.05, 4.69) is 26.8 Å². The monoisotopic (exact) mass is 673 g/mol. The number of carbonyl (C=O) groups excluding carboxylic acids is 1. The summed E-state index contributed by atoms with van der Waals surface area (Å²) in [6.07, 6.45) is 0.125. The molecule has 1 heterocycles. The summed E-state index contributed by atoms with van der Waals surface area (Å²) in [5.74, 6) is 1.92. The van der Waals surface area contributed by atoms with E-state index in [1.165, 1.54) is 0 Å². The number of rotatable bonds is 14. The lowest BCUT2D eigenvalue weighted by atomic mass is 9.82. The van der Waals surface area contributed by atoms with Gasteiger partial charge in [0.2, 0.25) is 5.90 Å². The number of hydrogen-bond acceptors (Lipinski definition) is 8. The highest BCUT2D eigenvalue weighted by Gasteiger charge is 2.53. The first-order chi connectivity index (χ1) is 22.0. The Balaban J connectivity index is 1.47. The van der Waals surface area contributed by atoms with E-state index in [4.69, 9.17) is 29.0 Å². The van der Waals surface area contributed by atoms with Gasteiger partial charge < -0.3 is 24.1 Å². The van der Waals surface area contributed by atoms with Gasteiger partial charge in [0.05, 0.1) is 20.8 Å². The van der Waals surface area contributed by atoms with E-state index in [1.807, 2.05) is 97.1 Å². The van der Waals surface area contributed by atoms with Crippen molar-refractivity contribution in [2.75, 3.05) is 27.4 Å². The van der Waals surface area contributed by atoms with Gasteiger partial charge in [0, 0.05) is 36.0 Å². The first-order valence-electron chi connectivity index (χ1n) is 14.6. The highest BCUT2D eigenvalue weighted by Crippen LogP contribution is 2.42. The first kappa shape index (κ1) is 32.0. The van der Waals surface area contributed by atoms with Gasteiger partial charge >= 0.3 is 0 Å². The number of hydrogen-bond donors (Lipinski definition) is 3. The molecule has 0 unspecified atom stereocenters. The third-order valence-corrected chi connectivity index (χ3v) is 7.99. The SMILES string of the molecule is COc1ccc(CNNC(=O)[C@@]2(Cc3ccc(Br)cc3)N=C(c3ccc(OCCCO)cc3)O[C@H]2c2ccccc2)cc1OC. The summed E-state index contributed by atoms with van der Waals surface area (Å²) >= 11 is 3.51. The van der Waals surface area contributed by atoms with Gasteiger partial charge in [0.25, 0.3) is 5.91 Å². The number of amides is 1. The second-order valence-electron chi connectivity index (χ2n) is 10.5. The maximum atomic E-state index is 14.4. The molecule has 0 saturated heterocycles.